The molecule has 1 heterocycles. The van der Waals surface area contributed by atoms with Crippen LogP contribution < -0.4 is 4.90 Å². The Balaban J connectivity index is 2.42. The van der Waals surface area contributed by atoms with Gasteiger partial charge in [0.2, 0.25) is 0 Å². The number of benzene rings is 1. The standard InChI is InChI=1S/C9H10BrN3/c1-13-8-5-3-2-4-7(8)11-12-9(13)6-10/h2-5,9H,6H2,1H3. The number of para-hydroxylation sites is 1. The number of hydrogen-bond acceptors (Lipinski definition) is 3. The van der Waals surface area contributed by atoms with Crippen molar-refractivity contribution in [1.29, 1.82) is 0 Å². The highest BCUT2D eigenvalue weighted by Gasteiger charge is 2.19. The summed E-state index contributed by atoms with van der Waals surface area (Å²) in [5.41, 5.74) is 2.09. The first-order valence-corrected chi connectivity index (χ1v) is 5.24. The van der Waals surface area contributed by atoms with Crippen molar-refractivity contribution in [2.75, 3.05) is 17.3 Å². The molecule has 1 aliphatic heterocycles. The maximum Gasteiger partial charge on any atom is 0.152 e. The van der Waals surface area contributed by atoms with Crippen LogP contribution in [-0.2, 0) is 0 Å². The number of alkyl halides is 1. The van der Waals surface area contributed by atoms with Crippen LogP contribution in [0.15, 0.2) is 34.5 Å². The number of azo groups is 1. The summed E-state index contributed by atoms with van der Waals surface area (Å²) >= 11 is 3.41. The molecule has 1 unspecified atom stereocenters. The van der Waals surface area contributed by atoms with E-state index in [1.54, 1.807) is 0 Å². The van der Waals surface area contributed by atoms with Gasteiger partial charge in [0.1, 0.15) is 5.69 Å². The minimum Gasteiger partial charge on any atom is -0.349 e. The molecule has 1 aromatic carbocycles. The van der Waals surface area contributed by atoms with Gasteiger partial charge >= 0.3 is 0 Å². The zero-order valence-electron chi connectivity index (χ0n) is 7.31. The van der Waals surface area contributed by atoms with E-state index in [4.69, 9.17) is 0 Å². The molecule has 68 valence electrons. The molecule has 2 rings (SSSR count). The van der Waals surface area contributed by atoms with Gasteiger partial charge in [-0.05, 0) is 12.1 Å². The molecule has 1 atom stereocenters. The number of nitrogens with zero attached hydrogens (tertiary/aromatic N) is 3. The SMILES string of the molecule is CN1c2ccccc2N=NC1CBr. The zero-order valence-corrected chi connectivity index (χ0v) is 8.90. The van der Waals surface area contributed by atoms with Gasteiger partial charge in [-0.2, -0.15) is 10.2 Å². The molecule has 0 aliphatic carbocycles. The van der Waals surface area contributed by atoms with Crippen molar-refractivity contribution in [2.24, 2.45) is 10.2 Å². The van der Waals surface area contributed by atoms with Gasteiger partial charge in [0.15, 0.2) is 6.17 Å². The molecule has 1 aliphatic rings. The third-order valence-corrected chi connectivity index (χ3v) is 2.72. The molecule has 13 heavy (non-hydrogen) atoms. The van der Waals surface area contributed by atoms with Crippen LogP contribution in [0.4, 0.5) is 11.4 Å². The second-order valence-electron chi connectivity index (χ2n) is 2.95. The topological polar surface area (TPSA) is 28.0 Å². The van der Waals surface area contributed by atoms with Gasteiger partial charge in [-0.15, -0.1) is 0 Å². The predicted octanol–water partition coefficient (Wildman–Crippen LogP) is 2.94. The number of halogens is 1. The van der Waals surface area contributed by atoms with Gasteiger partial charge in [-0.25, -0.2) is 0 Å². The number of hydrogen-bond donors (Lipinski definition) is 0. The van der Waals surface area contributed by atoms with Gasteiger partial charge < -0.3 is 4.90 Å². The van der Waals surface area contributed by atoms with E-state index in [9.17, 15) is 0 Å². The largest absolute Gasteiger partial charge is 0.349 e. The van der Waals surface area contributed by atoms with Crippen LogP contribution in [0.3, 0.4) is 0 Å². The van der Waals surface area contributed by atoms with Crippen LogP contribution >= 0.6 is 15.9 Å². The predicted molar refractivity (Wildman–Crippen MR) is 56.9 cm³/mol. The Labute approximate surface area is 85.6 Å². The summed E-state index contributed by atoms with van der Waals surface area (Å²) in [6.45, 7) is 0. The van der Waals surface area contributed by atoms with Crippen molar-refractivity contribution in [2.45, 2.75) is 6.17 Å². The quantitative estimate of drug-likeness (QED) is 0.693. The Bertz CT molecular complexity index is 337. The fraction of sp³-hybridized carbons (Fsp3) is 0.333. The van der Waals surface area contributed by atoms with E-state index in [1.807, 2.05) is 25.2 Å². The van der Waals surface area contributed by atoms with E-state index in [0.29, 0.717) is 0 Å². The van der Waals surface area contributed by atoms with Crippen molar-refractivity contribution >= 4 is 27.3 Å². The van der Waals surface area contributed by atoms with Gasteiger partial charge in [-0.1, -0.05) is 28.1 Å². The van der Waals surface area contributed by atoms with Gasteiger partial charge in [0, 0.05) is 12.4 Å². The van der Waals surface area contributed by atoms with Crippen LogP contribution in [0.1, 0.15) is 0 Å². The van der Waals surface area contributed by atoms with E-state index in [2.05, 4.69) is 37.1 Å². The molecule has 0 fully saturated rings. The summed E-state index contributed by atoms with van der Waals surface area (Å²) in [4.78, 5) is 2.12. The first-order chi connectivity index (χ1) is 6.33. The summed E-state index contributed by atoms with van der Waals surface area (Å²) in [6, 6.07) is 8.02. The normalized spacial score (nSPS) is 20.2. The maximum absolute atomic E-state index is 4.17. The van der Waals surface area contributed by atoms with Gasteiger partial charge in [0.25, 0.3) is 0 Å². The highest BCUT2D eigenvalue weighted by atomic mass is 79.9. The number of rotatable bonds is 1. The molecule has 0 amide bonds. The van der Waals surface area contributed by atoms with Crippen molar-refractivity contribution in [3.63, 3.8) is 0 Å². The summed E-state index contributed by atoms with van der Waals surface area (Å²) in [6.07, 6.45) is 0.120. The van der Waals surface area contributed by atoms with E-state index >= 15 is 0 Å². The van der Waals surface area contributed by atoms with Crippen LogP contribution in [-0.4, -0.2) is 18.5 Å². The van der Waals surface area contributed by atoms with Crippen LogP contribution in [0, 0.1) is 0 Å². The lowest BCUT2D eigenvalue weighted by molar-refractivity contribution is 0.681. The van der Waals surface area contributed by atoms with Gasteiger partial charge in [0.05, 0.1) is 5.69 Å². The van der Waals surface area contributed by atoms with Crippen molar-refractivity contribution < 1.29 is 0 Å². The Kier molecular flexibility index (Phi) is 2.31. The number of fused-ring (bicyclic) bond motifs is 1. The van der Waals surface area contributed by atoms with E-state index in [1.165, 1.54) is 0 Å². The van der Waals surface area contributed by atoms with Crippen LogP contribution in [0.5, 0.6) is 0 Å². The molecule has 1 aromatic rings. The molecular formula is C9H10BrN3. The zero-order chi connectivity index (χ0) is 9.26. The molecular weight excluding hydrogens is 230 g/mol. The van der Waals surface area contributed by atoms with E-state index < -0.39 is 0 Å². The fourth-order valence-corrected chi connectivity index (χ4v) is 1.91. The Morgan fingerprint density at radius 2 is 2.23 bits per heavy atom. The molecule has 0 saturated heterocycles. The Morgan fingerprint density at radius 3 is 3.00 bits per heavy atom. The van der Waals surface area contributed by atoms with Gasteiger partial charge in [-0.3, -0.25) is 0 Å². The minimum atomic E-state index is 0.120. The summed E-state index contributed by atoms with van der Waals surface area (Å²) in [5, 5.41) is 9.13. The fourth-order valence-electron chi connectivity index (χ4n) is 1.35. The molecule has 0 saturated carbocycles. The molecule has 0 radical (unpaired) electrons. The van der Waals surface area contributed by atoms with E-state index in [-0.39, 0.29) is 6.17 Å². The lowest BCUT2D eigenvalue weighted by Crippen LogP contribution is -2.32. The van der Waals surface area contributed by atoms with Crippen LogP contribution in [0.25, 0.3) is 0 Å². The average Bonchev–Trinajstić information content (AvgIpc) is 2.19. The Hall–Kier alpha value is -0.900. The second-order valence-corrected chi connectivity index (χ2v) is 3.60. The minimum absolute atomic E-state index is 0.120. The van der Waals surface area contributed by atoms with Crippen molar-refractivity contribution in [3.8, 4) is 0 Å². The first-order valence-electron chi connectivity index (χ1n) is 4.11. The number of anilines is 1. The molecule has 0 aromatic heterocycles. The monoisotopic (exact) mass is 239 g/mol. The highest BCUT2D eigenvalue weighted by molar-refractivity contribution is 9.09. The van der Waals surface area contributed by atoms with E-state index in [0.717, 1.165) is 16.7 Å². The van der Waals surface area contributed by atoms with Crippen molar-refractivity contribution in [1.82, 2.24) is 0 Å². The maximum atomic E-state index is 4.17. The summed E-state index contributed by atoms with van der Waals surface area (Å²) < 4.78 is 0. The third-order valence-electron chi connectivity index (χ3n) is 2.15. The van der Waals surface area contributed by atoms with Crippen LogP contribution in [0.2, 0.25) is 0 Å². The smallest absolute Gasteiger partial charge is 0.152 e. The molecule has 0 N–H and O–H groups in total. The Morgan fingerprint density at radius 1 is 1.46 bits per heavy atom. The molecule has 4 heteroatoms. The summed E-state index contributed by atoms with van der Waals surface area (Å²) in [5.74, 6) is 0. The third kappa shape index (κ3) is 1.46. The second kappa shape index (κ2) is 3.46. The first kappa shape index (κ1) is 8.69. The average molecular weight is 240 g/mol. The summed E-state index contributed by atoms with van der Waals surface area (Å²) in [7, 11) is 2.03. The van der Waals surface area contributed by atoms with Crippen molar-refractivity contribution in [3.05, 3.63) is 24.3 Å². The molecule has 0 bridgehead atoms. The highest BCUT2D eigenvalue weighted by Crippen LogP contribution is 2.33. The molecule has 3 nitrogen and oxygen atoms in total. The lowest BCUT2D eigenvalue weighted by atomic mass is 10.2. The molecule has 0 spiro atoms. The lowest BCUT2D eigenvalue weighted by Gasteiger charge is -2.28.